The highest BCUT2D eigenvalue weighted by molar-refractivity contribution is 5.47. The van der Waals surface area contributed by atoms with Crippen LogP contribution in [0.3, 0.4) is 0 Å². The van der Waals surface area contributed by atoms with Gasteiger partial charge in [-0.05, 0) is 38.9 Å². The van der Waals surface area contributed by atoms with Crippen molar-refractivity contribution in [3.8, 4) is 0 Å². The summed E-state index contributed by atoms with van der Waals surface area (Å²) in [4.78, 5) is 9.36. The zero-order valence-electron chi connectivity index (χ0n) is 12.0. The number of piperazine rings is 1. The topological polar surface area (TPSA) is 31.4 Å². The summed E-state index contributed by atoms with van der Waals surface area (Å²) < 4.78 is 0. The van der Waals surface area contributed by atoms with Crippen molar-refractivity contribution in [2.45, 2.75) is 25.3 Å². The molecule has 2 aliphatic rings. The second-order valence-corrected chi connectivity index (χ2v) is 5.97. The van der Waals surface area contributed by atoms with Crippen molar-refractivity contribution in [2.24, 2.45) is 0 Å². The lowest BCUT2D eigenvalue weighted by molar-refractivity contribution is 0.0633. The Morgan fingerprint density at radius 2 is 2.05 bits per heavy atom. The van der Waals surface area contributed by atoms with Crippen LogP contribution in [-0.4, -0.2) is 55.2 Å². The molecule has 3 heterocycles. The van der Waals surface area contributed by atoms with Gasteiger partial charge < -0.3 is 10.2 Å². The molecular formula is C15H24N4. The molecule has 0 aliphatic carbocycles. The standard InChI is InChI=1S/C15H24N4/c1-13-11-14(3-6-17-13)19-8-4-15(5-9-19)12-16-7-10-18(15)2/h3,6,11,16H,4-5,7-10,12H2,1-2H3. The molecule has 2 saturated heterocycles. The van der Waals surface area contributed by atoms with Crippen molar-refractivity contribution in [2.75, 3.05) is 44.7 Å². The van der Waals surface area contributed by atoms with Crippen LogP contribution in [0.25, 0.3) is 0 Å². The molecule has 2 aliphatic heterocycles. The van der Waals surface area contributed by atoms with Crippen LogP contribution < -0.4 is 10.2 Å². The van der Waals surface area contributed by atoms with E-state index >= 15 is 0 Å². The fraction of sp³-hybridized carbons (Fsp3) is 0.667. The smallest absolute Gasteiger partial charge is 0.0399 e. The third-order valence-corrected chi connectivity index (χ3v) is 4.83. The predicted octanol–water partition coefficient (Wildman–Crippen LogP) is 1.26. The number of aryl methyl sites for hydroxylation is 1. The van der Waals surface area contributed by atoms with E-state index in [0.717, 1.165) is 31.9 Å². The number of anilines is 1. The largest absolute Gasteiger partial charge is 0.371 e. The van der Waals surface area contributed by atoms with Gasteiger partial charge in [0, 0.05) is 55.8 Å². The second kappa shape index (κ2) is 5.10. The molecule has 0 aromatic carbocycles. The van der Waals surface area contributed by atoms with Gasteiger partial charge in [0.05, 0.1) is 0 Å². The number of likely N-dealkylation sites (N-methyl/N-ethyl adjacent to an activating group) is 1. The molecule has 4 heteroatoms. The first kappa shape index (κ1) is 12.9. The zero-order valence-corrected chi connectivity index (χ0v) is 12.0. The number of nitrogens with zero attached hydrogens (tertiary/aromatic N) is 3. The molecule has 2 fully saturated rings. The zero-order chi connectivity index (χ0) is 13.3. The van der Waals surface area contributed by atoms with Gasteiger partial charge in [-0.25, -0.2) is 0 Å². The van der Waals surface area contributed by atoms with E-state index in [2.05, 4.69) is 46.2 Å². The summed E-state index contributed by atoms with van der Waals surface area (Å²) in [5, 5.41) is 3.57. The Kier molecular flexibility index (Phi) is 3.46. The molecular weight excluding hydrogens is 236 g/mol. The molecule has 0 saturated carbocycles. The average molecular weight is 260 g/mol. The van der Waals surface area contributed by atoms with Gasteiger partial charge in [0.25, 0.3) is 0 Å². The minimum Gasteiger partial charge on any atom is -0.371 e. The van der Waals surface area contributed by atoms with Crippen molar-refractivity contribution in [3.05, 3.63) is 24.0 Å². The molecule has 0 bridgehead atoms. The second-order valence-electron chi connectivity index (χ2n) is 5.97. The maximum atomic E-state index is 4.29. The highest BCUT2D eigenvalue weighted by Crippen LogP contribution is 2.31. The molecule has 0 amide bonds. The first-order chi connectivity index (χ1) is 9.20. The molecule has 0 atom stereocenters. The lowest BCUT2D eigenvalue weighted by atomic mass is 9.84. The molecule has 19 heavy (non-hydrogen) atoms. The highest BCUT2D eigenvalue weighted by Gasteiger charge is 2.39. The Labute approximate surface area is 115 Å². The minimum atomic E-state index is 0.386. The van der Waals surface area contributed by atoms with Gasteiger partial charge in [-0.15, -0.1) is 0 Å². The lowest BCUT2D eigenvalue weighted by Gasteiger charge is -2.50. The van der Waals surface area contributed by atoms with Crippen LogP contribution in [0.5, 0.6) is 0 Å². The average Bonchev–Trinajstić information content (AvgIpc) is 2.43. The van der Waals surface area contributed by atoms with Gasteiger partial charge >= 0.3 is 0 Å². The third kappa shape index (κ3) is 2.47. The molecule has 3 rings (SSSR count). The summed E-state index contributed by atoms with van der Waals surface area (Å²) in [5.41, 5.74) is 2.82. The predicted molar refractivity (Wildman–Crippen MR) is 78.7 cm³/mol. The van der Waals surface area contributed by atoms with Gasteiger partial charge in [0.2, 0.25) is 0 Å². The van der Waals surface area contributed by atoms with Crippen LogP contribution >= 0.6 is 0 Å². The number of hydrogen-bond acceptors (Lipinski definition) is 4. The molecule has 104 valence electrons. The number of pyridine rings is 1. The van der Waals surface area contributed by atoms with Crippen LogP contribution in [0, 0.1) is 6.92 Å². The van der Waals surface area contributed by atoms with Gasteiger partial charge in [-0.3, -0.25) is 9.88 Å². The van der Waals surface area contributed by atoms with E-state index in [-0.39, 0.29) is 0 Å². The summed E-state index contributed by atoms with van der Waals surface area (Å²) in [6, 6.07) is 4.33. The van der Waals surface area contributed by atoms with Crippen LogP contribution in [0.1, 0.15) is 18.5 Å². The SMILES string of the molecule is Cc1cc(N2CCC3(CC2)CNCCN3C)ccn1. The Morgan fingerprint density at radius 3 is 2.74 bits per heavy atom. The monoisotopic (exact) mass is 260 g/mol. The molecule has 0 radical (unpaired) electrons. The van der Waals surface area contributed by atoms with Crippen molar-refractivity contribution < 1.29 is 0 Å². The van der Waals surface area contributed by atoms with E-state index in [9.17, 15) is 0 Å². The van der Waals surface area contributed by atoms with Crippen LogP contribution in [-0.2, 0) is 0 Å². The third-order valence-electron chi connectivity index (χ3n) is 4.83. The van der Waals surface area contributed by atoms with Crippen molar-refractivity contribution in [3.63, 3.8) is 0 Å². The van der Waals surface area contributed by atoms with E-state index in [0.29, 0.717) is 5.54 Å². The molecule has 1 aromatic heterocycles. The van der Waals surface area contributed by atoms with E-state index in [1.807, 2.05) is 6.20 Å². The Balaban J connectivity index is 1.69. The van der Waals surface area contributed by atoms with Crippen LogP contribution in [0.2, 0.25) is 0 Å². The summed E-state index contributed by atoms with van der Waals surface area (Å²) in [5.74, 6) is 0. The van der Waals surface area contributed by atoms with E-state index < -0.39 is 0 Å². The summed E-state index contributed by atoms with van der Waals surface area (Å²) >= 11 is 0. The number of hydrogen-bond donors (Lipinski definition) is 1. The fourth-order valence-corrected chi connectivity index (χ4v) is 3.41. The maximum absolute atomic E-state index is 4.29. The van der Waals surface area contributed by atoms with Crippen LogP contribution in [0.4, 0.5) is 5.69 Å². The molecule has 1 N–H and O–H groups in total. The molecule has 0 unspecified atom stereocenters. The van der Waals surface area contributed by atoms with Crippen molar-refractivity contribution in [1.29, 1.82) is 0 Å². The van der Waals surface area contributed by atoms with Gasteiger partial charge in [-0.2, -0.15) is 0 Å². The summed E-state index contributed by atoms with van der Waals surface area (Å²) in [7, 11) is 2.28. The Morgan fingerprint density at radius 1 is 1.26 bits per heavy atom. The van der Waals surface area contributed by atoms with Crippen LogP contribution in [0.15, 0.2) is 18.3 Å². The van der Waals surface area contributed by atoms with E-state index in [1.165, 1.54) is 25.1 Å². The van der Waals surface area contributed by atoms with Gasteiger partial charge in [0.1, 0.15) is 0 Å². The maximum Gasteiger partial charge on any atom is 0.0399 e. The van der Waals surface area contributed by atoms with Crippen molar-refractivity contribution >= 4 is 5.69 Å². The van der Waals surface area contributed by atoms with Gasteiger partial charge in [-0.1, -0.05) is 0 Å². The Hall–Kier alpha value is -1.13. The highest BCUT2D eigenvalue weighted by atomic mass is 15.3. The number of nitrogens with one attached hydrogen (secondary N) is 1. The molecule has 4 nitrogen and oxygen atoms in total. The minimum absolute atomic E-state index is 0.386. The fourth-order valence-electron chi connectivity index (χ4n) is 3.41. The van der Waals surface area contributed by atoms with Gasteiger partial charge in [0.15, 0.2) is 0 Å². The number of rotatable bonds is 1. The normalized spacial score (nSPS) is 23.8. The van der Waals surface area contributed by atoms with E-state index in [1.54, 1.807) is 0 Å². The number of piperidine rings is 1. The molecule has 1 spiro atoms. The lowest BCUT2D eigenvalue weighted by Crippen LogP contribution is -2.63. The van der Waals surface area contributed by atoms with E-state index in [4.69, 9.17) is 0 Å². The number of aromatic nitrogens is 1. The Bertz CT molecular complexity index is 438. The first-order valence-electron chi connectivity index (χ1n) is 7.29. The summed E-state index contributed by atoms with van der Waals surface area (Å²) in [6.45, 7) is 7.81. The first-order valence-corrected chi connectivity index (χ1v) is 7.29. The molecule has 1 aromatic rings. The quantitative estimate of drug-likeness (QED) is 0.824. The summed E-state index contributed by atoms with van der Waals surface area (Å²) in [6.07, 6.45) is 4.42. The van der Waals surface area contributed by atoms with Crippen molar-refractivity contribution in [1.82, 2.24) is 15.2 Å².